The van der Waals surface area contributed by atoms with Gasteiger partial charge in [0.15, 0.2) is 0 Å². The number of halogens is 2. The molecule has 1 saturated heterocycles. The number of hydrogen-bond donors (Lipinski definition) is 5. The molecule has 2 heterocycles. The molecule has 276 valence electrons. The number of carboxylic acids is 1. The van der Waals surface area contributed by atoms with E-state index in [9.17, 15) is 15.0 Å². The highest BCUT2D eigenvalue weighted by atomic mass is 79.9. The maximum Gasteiger partial charge on any atom is 0.323 e. The third-order valence-electron chi connectivity index (χ3n) is 8.95. The standard InChI is InChI=1S/C39H45BrClN5O6/c1-50-29-16-26(20-43-22-29)24-51-36-18-37(33(41)17-28(36)21-45-35(23-47)39(48)49)52-25-27-8-6-10-31(38(27)40)30-9-7-11-34(32(30)19-42)44-12-2-3-13-46-14-4-5-15-46/h6-11,16-20,22,35,42,44-45,47H,2-5,12-15,21,23-25H2,1H3,(H,48,49). The van der Waals surface area contributed by atoms with Gasteiger partial charge in [0.2, 0.25) is 0 Å². The SMILES string of the molecule is COc1cncc(COc2cc(OCc3cccc(-c4cccc(NCCCCN5CCCC5)c4C=N)c3Br)c(Cl)cc2CNC(CO)C(=O)O)c1. The quantitative estimate of drug-likeness (QED) is 0.0462. The Labute approximate surface area is 317 Å². The summed E-state index contributed by atoms with van der Waals surface area (Å²) in [5.74, 6) is 0.197. The van der Waals surface area contributed by atoms with Crippen LogP contribution < -0.4 is 24.8 Å². The van der Waals surface area contributed by atoms with Gasteiger partial charge in [-0.2, -0.15) is 0 Å². The van der Waals surface area contributed by atoms with Crippen molar-refractivity contribution < 1.29 is 29.2 Å². The molecule has 1 atom stereocenters. The summed E-state index contributed by atoms with van der Waals surface area (Å²) < 4.78 is 18.6. The number of aromatic nitrogens is 1. The van der Waals surface area contributed by atoms with Gasteiger partial charge in [-0.3, -0.25) is 15.1 Å². The Balaban J connectivity index is 1.31. The molecule has 0 spiro atoms. The highest BCUT2D eigenvalue weighted by Crippen LogP contribution is 2.38. The van der Waals surface area contributed by atoms with E-state index in [1.165, 1.54) is 32.1 Å². The summed E-state index contributed by atoms with van der Waals surface area (Å²) in [5, 5.41) is 33.9. The first-order valence-electron chi connectivity index (χ1n) is 17.3. The molecule has 5 N–H and O–H groups in total. The predicted molar refractivity (Wildman–Crippen MR) is 207 cm³/mol. The van der Waals surface area contributed by atoms with E-state index in [0.717, 1.165) is 63.9 Å². The predicted octanol–water partition coefficient (Wildman–Crippen LogP) is 7.15. The van der Waals surface area contributed by atoms with Gasteiger partial charge in [-0.15, -0.1) is 0 Å². The number of likely N-dealkylation sites (tertiary alicyclic amines) is 1. The number of nitrogens with zero attached hydrogens (tertiary/aromatic N) is 2. The summed E-state index contributed by atoms with van der Waals surface area (Å²) in [6.07, 6.45) is 9.47. The largest absolute Gasteiger partial charge is 0.495 e. The monoisotopic (exact) mass is 793 g/mol. The molecule has 13 heteroatoms. The van der Waals surface area contributed by atoms with Crippen LogP contribution in [0, 0.1) is 5.41 Å². The fraction of sp³-hybridized carbons (Fsp3) is 0.359. The minimum Gasteiger partial charge on any atom is -0.495 e. The molecule has 52 heavy (non-hydrogen) atoms. The summed E-state index contributed by atoms with van der Waals surface area (Å²) in [5.41, 5.74) is 5.80. The molecule has 0 saturated carbocycles. The molecule has 4 aromatic rings. The highest BCUT2D eigenvalue weighted by Gasteiger charge is 2.19. The number of nitrogens with one attached hydrogen (secondary N) is 3. The van der Waals surface area contributed by atoms with Crippen molar-refractivity contribution in [2.75, 3.05) is 45.2 Å². The Morgan fingerprint density at radius 3 is 2.56 bits per heavy atom. The fourth-order valence-electron chi connectivity index (χ4n) is 6.09. The second-order valence-electron chi connectivity index (χ2n) is 12.5. The van der Waals surface area contributed by atoms with Gasteiger partial charge >= 0.3 is 5.97 Å². The van der Waals surface area contributed by atoms with Crippen molar-refractivity contribution in [3.63, 3.8) is 0 Å². The van der Waals surface area contributed by atoms with E-state index in [4.69, 9.17) is 31.2 Å². The number of aliphatic hydroxyl groups excluding tert-OH is 1. The number of unbranched alkanes of at least 4 members (excludes halogenated alkanes) is 1. The van der Waals surface area contributed by atoms with Crippen LogP contribution in [-0.4, -0.2) is 78.2 Å². The van der Waals surface area contributed by atoms with Gasteiger partial charge < -0.3 is 40.0 Å². The summed E-state index contributed by atoms with van der Waals surface area (Å²) in [4.78, 5) is 18.2. The average Bonchev–Trinajstić information content (AvgIpc) is 3.68. The van der Waals surface area contributed by atoms with Crippen molar-refractivity contribution in [2.24, 2.45) is 0 Å². The van der Waals surface area contributed by atoms with Gasteiger partial charge in [0.05, 0.1) is 24.9 Å². The number of methoxy groups -OCH3 is 1. The van der Waals surface area contributed by atoms with E-state index in [1.807, 2.05) is 36.4 Å². The average molecular weight is 795 g/mol. The van der Waals surface area contributed by atoms with Crippen molar-refractivity contribution in [3.8, 4) is 28.4 Å². The zero-order chi connectivity index (χ0) is 36.9. The number of aliphatic hydroxyl groups is 1. The van der Waals surface area contributed by atoms with E-state index in [0.29, 0.717) is 27.8 Å². The van der Waals surface area contributed by atoms with Crippen LogP contribution in [0.25, 0.3) is 11.1 Å². The second-order valence-corrected chi connectivity index (χ2v) is 13.7. The third-order valence-corrected chi connectivity index (χ3v) is 10.2. The van der Waals surface area contributed by atoms with E-state index < -0.39 is 18.6 Å². The third kappa shape index (κ3) is 10.4. The number of benzene rings is 3. The molecule has 1 aromatic heterocycles. The van der Waals surface area contributed by atoms with Crippen LogP contribution in [0.15, 0.2) is 71.5 Å². The smallest absolute Gasteiger partial charge is 0.323 e. The van der Waals surface area contributed by atoms with Crippen LogP contribution in [0.4, 0.5) is 5.69 Å². The lowest BCUT2D eigenvalue weighted by atomic mass is 9.97. The van der Waals surface area contributed by atoms with Crippen molar-refractivity contribution in [1.82, 2.24) is 15.2 Å². The van der Waals surface area contributed by atoms with Crippen LogP contribution in [0.2, 0.25) is 5.02 Å². The lowest BCUT2D eigenvalue weighted by molar-refractivity contribution is -0.140. The maximum absolute atomic E-state index is 11.5. The van der Waals surface area contributed by atoms with Gasteiger partial charge in [0, 0.05) is 64.0 Å². The molecule has 1 fully saturated rings. The number of rotatable bonds is 20. The van der Waals surface area contributed by atoms with E-state index in [-0.39, 0.29) is 19.8 Å². The van der Waals surface area contributed by atoms with Gasteiger partial charge in [-0.25, -0.2) is 0 Å². The van der Waals surface area contributed by atoms with Gasteiger partial charge in [-0.1, -0.05) is 41.9 Å². The fourth-order valence-corrected chi connectivity index (χ4v) is 6.92. The number of anilines is 1. The van der Waals surface area contributed by atoms with Crippen LogP contribution >= 0.6 is 27.5 Å². The Bertz CT molecular complexity index is 1820. The highest BCUT2D eigenvalue weighted by molar-refractivity contribution is 9.10. The molecule has 11 nitrogen and oxygen atoms in total. The van der Waals surface area contributed by atoms with E-state index >= 15 is 0 Å². The lowest BCUT2D eigenvalue weighted by Gasteiger charge is -2.19. The zero-order valence-electron chi connectivity index (χ0n) is 29.2. The molecule has 0 amide bonds. The molecule has 1 unspecified atom stereocenters. The molecule has 3 aromatic carbocycles. The van der Waals surface area contributed by atoms with Crippen LogP contribution in [0.3, 0.4) is 0 Å². The topological polar surface area (TPSA) is 149 Å². The molecule has 5 rings (SSSR count). The molecule has 0 radical (unpaired) electrons. The van der Waals surface area contributed by atoms with Crippen molar-refractivity contribution >= 4 is 45.4 Å². The van der Waals surface area contributed by atoms with E-state index in [1.54, 1.807) is 37.7 Å². The molecular weight excluding hydrogens is 750 g/mol. The summed E-state index contributed by atoms with van der Waals surface area (Å²) in [6.45, 7) is 4.22. The number of aliphatic carboxylic acids is 1. The summed E-state index contributed by atoms with van der Waals surface area (Å²) in [7, 11) is 1.56. The molecule has 1 aliphatic heterocycles. The maximum atomic E-state index is 11.5. The number of carbonyl (C=O) groups is 1. The minimum absolute atomic E-state index is 0.0681. The molecule has 1 aliphatic rings. The normalized spacial score (nSPS) is 13.5. The Hall–Kier alpha value is -4.20. The van der Waals surface area contributed by atoms with Crippen LogP contribution in [0.1, 0.15) is 47.9 Å². The first-order chi connectivity index (χ1) is 25.3. The van der Waals surface area contributed by atoms with Crippen LogP contribution in [0.5, 0.6) is 17.2 Å². The lowest BCUT2D eigenvalue weighted by Crippen LogP contribution is -2.39. The summed E-state index contributed by atoms with van der Waals surface area (Å²) >= 11 is 10.5. The Kier molecular flexibility index (Phi) is 14.7. The van der Waals surface area contributed by atoms with Crippen molar-refractivity contribution in [3.05, 3.63) is 98.7 Å². The first kappa shape index (κ1) is 39.0. The Morgan fingerprint density at radius 1 is 1.04 bits per heavy atom. The van der Waals surface area contributed by atoms with E-state index in [2.05, 4.69) is 36.4 Å². The minimum atomic E-state index is -1.18. The first-order valence-corrected chi connectivity index (χ1v) is 18.5. The second kappa shape index (κ2) is 19.6. The van der Waals surface area contributed by atoms with Crippen molar-refractivity contribution in [1.29, 1.82) is 5.41 Å². The zero-order valence-corrected chi connectivity index (χ0v) is 31.5. The number of ether oxygens (including phenoxy) is 3. The van der Waals surface area contributed by atoms with Gasteiger partial charge in [-0.05, 0) is 90.6 Å². The number of carboxylic acid groups (broad SMARTS) is 1. The van der Waals surface area contributed by atoms with Gasteiger partial charge in [0.25, 0.3) is 0 Å². The summed E-state index contributed by atoms with van der Waals surface area (Å²) in [6, 6.07) is 15.9. The number of pyridine rings is 1. The molecule has 0 bridgehead atoms. The number of hydrogen-bond acceptors (Lipinski definition) is 10. The van der Waals surface area contributed by atoms with Crippen molar-refractivity contribution in [2.45, 2.75) is 51.5 Å². The molecular formula is C39H45BrClN5O6. The van der Waals surface area contributed by atoms with Gasteiger partial charge in [0.1, 0.15) is 36.5 Å². The van der Waals surface area contributed by atoms with Crippen LogP contribution in [-0.2, 0) is 24.6 Å². The molecule has 0 aliphatic carbocycles. The Morgan fingerprint density at radius 2 is 1.81 bits per heavy atom.